The molecule has 0 bridgehead atoms. The fraction of sp³-hybridized carbons (Fsp3) is 0.0556. The van der Waals surface area contributed by atoms with E-state index >= 15 is 0 Å². The van der Waals surface area contributed by atoms with Crippen molar-refractivity contribution in [3.05, 3.63) is 76.3 Å². The van der Waals surface area contributed by atoms with Gasteiger partial charge in [-0.25, -0.2) is 4.39 Å². The molecule has 0 aliphatic carbocycles. The summed E-state index contributed by atoms with van der Waals surface area (Å²) >= 11 is 1.05. The first-order chi connectivity index (χ1) is 13.3. The molecule has 4 aromatic rings. The Hall–Kier alpha value is -3.11. The van der Waals surface area contributed by atoms with E-state index in [2.05, 4.69) is 10.1 Å². The van der Waals surface area contributed by atoms with Gasteiger partial charge >= 0.3 is 10.1 Å². The van der Waals surface area contributed by atoms with Gasteiger partial charge in [0.15, 0.2) is 0 Å². The second kappa shape index (κ2) is 6.80. The van der Waals surface area contributed by atoms with E-state index in [1.165, 1.54) is 36.4 Å². The number of benzene rings is 2. The van der Waals surface area contributed by atoms with Crippen molar-refractivity contribution < 1.29 is 17.0 Å². The Labute approximate surface area is 162 Å². The number of aryl methyl sites for hydroxylation is 1. The highest BCUT2D eigenvalue weighted by Crippen LogP contribution is 2.25. The molecule has 4 rings (SSSR count). The van der Waals surface area contributed by atoms with Gasteiger partial charge in [0.2, 0.25) is 10.8 Å². The molecule has 7 nitrogen and oxygen atoms in total. The Kier molecular flexibility index (Phi) is 4.44. The van der Waals surface area contributed by atoms with Gasteiger partial charge in [-0.05, 0) is 43.3 Å². The van der Waals surface area contributed by atoms with Crippen LogP contribution in [0.15, 0.2) is 64.3 Å². The Morgan fingerprint density at radius 1 is 1.07 bits per heavy atom. The number of aromatic nitrogens is 3. The summed E-state index contributed by atoms with van der Waals surface area (Å²) in [6, 6.07) is 12.7. The van der Waals surface area contributed by atoms with E-state index in [9.17, 15) is 17.6 Å². The predicted molar refractivity (Wildman–Crippen MR) is 102 cm³/mol. The summed E-state index contributed by atoms with van der Waals surface area (Å²) in [6.45, 7) is 1.83. The molecule has 0 N–H and O–H groups in total. The maximum Gasteiger partial charge on any atom is 0.340 e. The van der Waals surface area contributed by atoms with Gasteiger partial charge in [0, 0.05) is 5.56 Å². The molecule has 2 aromatic carbocycles. The molecule has 0 saturated carbocycles. The van der Waals surface area contributed by atoms with E-state index in [4.69, 9.17) is 4.18 Å². The highest BCUT2D eigenvalue weighted by atomic mass is 32.2. The standard InChI is InChI=1S/C18H12FN3O4S2/c1-11-2-8-14(9-3-11)28(24,25)26-15-10-16(23)22-18(20-15)27-17(21-22)12-4-6-13(19)7-5-12/h2-10H,1H3. The lowest BCUT2D eigenvalue weighted by Gasteiger charge is -2.06. The van der Waals surface area contributed by atoms with Crippen molar-refractivity contribution in [3.8, 4) is 16.5 Å². The zero-order valence-electron chi connectivity index (χ0n) is 14.4. The second-order valence-electron chi connectivity index (χ2n) is 5.89. The summed E-state index contributed by atoms with van der Waals surface area (Å²) in [4.78, 5) is 16.5. The Morgan fingerprint density at radius 3 is 2.43 bits per heavy atom. The molecule has 142 valence electrons. The highest BCUT2D eigenvalue weighted by molar-refractivity contribution is 7.87. The quantitative estimate of drug-likeness (QED) is 0.474. The average Bonchev–Trinajstić information content (AvgIpc) is 3.07. The summed E-state index contributed by atoms with van der Waals surface area (Å²) in [5.41, 5.74) is 0.907. The van der Waals surface area contributed by atoms with Crippen LogP contribution < -0.4 is 9.74 Å². The van der Waals surface area contributed by atoms with Gasteiger partial charge in [0.25, 0.3) is 5.56 Å². The molecule has 0 aliphatic rings. The Bertz CT molecular complexity index is 1330. The number of halogens is 1. The molecule has 0 unspecified atom stereocenters. The first-order valence-electron chi connectivity index (χ1n) is 8.00. The molecular weight excluding hydrogens is 405 g/mol. The number of hydrogen-bond donors (Lipinski definition) is 0. The van der Waals surface area contributed by atoms with Gasteiger partial charge in [-0.1, -0.05) is 29.0 Å². The monoisotopic (exact) mass is 417 g/mol. The van der Waals surface area contributed by atoms with Crippen molar-refractivity contribution in [2.45, 2.75) is 11.8 Å². The first-order valence-corrected chi connectivity index (χ1v) is 10.2. The average molecular weight is 417 g/mol. The molecule has 2 aromatic heterocycles. The van der Waals surface area contributed by atoms with Crippen molar-refractivity contribution in [1.82, 2.24) is 14.6 Å². The smallest absolute Gasteiger partial charge is 0.340 e. The molecule has 0 amide bonds. The largest absolute Gasteiger partial charge is 0.358 e. The van der Waals surface area contributed by atoms with Gasteiger partial charge in [-0.3, -0.25) is 4.79 Å². The van der Waals surface area contributed by atoms with Crippen LogP contribution in [-0.4, -0.2) is 23.0 Å². The van der Waals surface area contributed by atoms with Crippen LogP contribution in [0.25, 0.3) is 15.5 Å². The predicted octanol–water partition coefficient (Wildman–Crippen LogP) is 3.03. The maximum absolute atomic E-state index is 13.1. The van der Waals surface area contributed by atoms with Crippen molar-refractivity contribution in [3.63, 3.8) is 0 Å². The van der Waals surface area contributed by atoms with Gasteiger partial charge < -0.3 is 4.18 Å². The zero-order chi connectivity index (χ0) is 19.9. The van der Waals surface area contributed by atoms with Crippen LogP contribution in [0.1, 0.15) is 5.56 Å². The lowest BCUT2D eigenvalue weighted by Crippen LogP contribution is -2.17. The SMILES string of the molecule is Cc1ccc(S(=O)(=O)Oc2cc(=O)n3nc(-c4ccc(F)cc4)sc3n2)cc1. The van der Waals surface area contributed by atoms with E-state index in [-0.39, 0.29) is 15.7 Å². The summed E-state index contributed by atoms with van der Waals surface area (Å²) in [7, 11) is -4.13. The molecule has 0 saturated heterocycles. The molecule has 10 heteroatoms. The summed E-state index contributed by atoms with van der Waals surface area (Å²) < 4.78 is 43.9. The van der Waals surface area contributed by atoms with Crippen LogP contribution >= 0.6 is 11.3 Å². The highest BCUT2D eigenvalue weighted by Gasteiger charge is 2.19. The van der Waals surface area contributed by atoms with Crippen LogP contribution in [0, 0.1) is 12.7 Å². The van der Waals surface area contributed by atoms with Gasteiger partial charge in [-0.15, -0.1) is 0 Å². The lowest BCUT2D eigenvalue weighted by molar-refractivity contribution is 0.475. The number of fused-ring (bicyclic) bond motifs is 1. The van der Waals surface area contributed by atoms with E-state index in [1.807, 2.05) is 6.92 Å². The second-order valence-corrected chi connectivity index (χ2v) is 8.39. The Balaban J connectivity index is 1.72. The van der Waals surface area contributed by atoms with Crippen LogP contribution in [-0.2, 0) is 10.1 Å². The molecule has 2 heterocycles. The molecule has 0 spiro atoms. The fourth-order valence-electron chi connectivity index (χ4n) is 2.41. The summed E-state index contributed by atoms with van der Waals surface area (Å²) in [5.74, 6) is -0.739. The van der Waals surface area contributed by atoms with Gasteiger partial charge in [0.05, 0.1) is 6.07 Å². The van der Waals surface area contributed by atoms with Crippen molar-refractivity contribution in [2.75, 3.05) is 0 Å². The lowest BCUT2D eigenvalue weighted by atomic mass is 10.2. The molecule has 0 radical (unpaired) electrons. The minimum atomic E-state index is -4.13. The summed E-state index contributed by atoms with van der Waals surface area (Å²) in [6.07, 6.45) is 0. The third-order valence-corrected chi connectivity index (χ3v) is 6.01. The van der Waals surface area contributed by atoms with Crippen molar-refractivity contribution >= 4 is 26.4 Å². The Morgan fingerprint density at radius 2 is 1.75 bits per heavy atom. The van der Waals surface area contributed by atoms with Crippen LogP contribution in [0.2, 0.25) is 0 Å². The first kappa shape index (κ1) is 18.3. The summed E-state index contributed by atoms with van der Waals surface area (Å²) in [5, 5.41) is 4.58. The maximum atomic E-state index is 13.1. The minimum Gasteiger partial charge on any atom is -0.358 e. The van der Waals surface area contributed by atoms with Crippen molar-refractivity contribution in [2.24, 2.45) is 0 Å². The number of hydrogen-bond acceptors (Lipinski definition) is 7. The van der Waals surface area contributed by atoms with Gasteiger partial charge in [0.1, 0.15) is 15.7 Å². The minimum absolute atomic E-state index is 0.0450. The molecular formula is C18H12FN3O4S2. The third kappa shape index (κ3) is 3.51. The van der Waals surface area contributed by atoms with E-state index in [0.29, 0.717) is 10.6 Å². The zero-order valence-corrected chi connectivity index (χ0v) is 16.0. The third-order valence-electron chi connectivity index (χ3n) is 3.82. The van der Waals surface area contributed by atoms with E-state index in [0.717, 1.165) is 27.5 Å². The molecule has 0 fully saturated rings. The molecule has 0 aliphatic heterocycles. The molecule has 0 atom stereocenters. The van der Waals surface area contributed by atoms with E-state index < -0.39 is 21.5 Å². The van der Waals surface area contributed by atoms with E-state index in [1.54, 1.807) is 12.1 Å². The number of nitrogens with zero attached hydrogens (tertiary/aromatic N) is 3. The van der Waals surface area contributed by atoms with Crippen LogP contribution in [0.5, 0.6) is 5.88 Å². The van der Waals surface area contributed by atoms with Crippen molar-refractivity contribution in [1.29, 1.82) is 0 Å². The fourth-order valence-corrected chi connectivity index (χ4v) is 4.19. The molecule has 28 heavy (non-hydrogen) atoms. The number of rotatable bonds is 4. The topological polar surface area (TPSA) is 90.6 Å². The van der Waals surface area contributed by atoms with Crippen LogP contribution in [0.3, 0.4) is 0 Å². The van der Waals surface area contributed by atoms with Crippen LogP contribution in [0.4, 0.5) is 4.39 Å². The normalized spacial score (nSPS) is 11.6. The van der Waals surface area contributed by atoms with Gasteiger partial charge in [-0.2, -0.15) is 23.0 Å².